The molecule has 260 valence electrons. The van der Waals surface area contributed by atoms with Gasteiger partial charge in [-0.3, -0.25) is 14.4 Å². The highest BCUT2D eigenvalue weighted by molar-refractivity contribution is 7.92. The Morgan fingerprint density at radius 2 is 1.65 bits per heavy atom. The van der Waals surface area contributed by atoms with Gasteiger partial charge in [0.1, 0.15) is 12.4 Å². The summed E-state index contributed by atoms with van der Waals surface area (Å²) in [5.41, 5.74) is -5.93. The lowest BCUT2D eigenvalue weighted by Gasteiger charge is -2.28. The maximum atomic E-state index is 15.1. The minimum atomic E-state index is -5.65. The molecule has 2 bridgehead atoms. The number of allylic oxidation sites excluding steroid dienone is 1. The Balaban J connectivity index is 1.34. The molecule has 49 heavy (non-hydrogen) atoms. The fraction of sp³-hybridized carbons (Fsp3) is 0.324. The fourth-order valence-electron chi connectivity index (χ4n) is 6.03. The number of fused-ring (bicyclic) bond motifs is 2. The number of carboxylic acids is 1. The second-order valence-electron chi connectivity index (χ2n) is 12.3. The van der Waals surface area contributed by atoms with Crippen LogP contribution in [0.4, 0.5) is 23.2 Å². The van der Waals surface area contributed by atoms with Gasteiger partial charge in [0.15, 0.2) is 11.6 Å². The molecule has 4 unspecified atom stereocenters. The molecule has 0 aromatic heterocycles. The summed E-state index contributed by atoms with van der Waals surface area (Å²) in [6.45, 7) is 2.94. The van der Waals surface area contributed by atoms with Gasteiger partial charge in [-0.25, -0.2) is 12.8 Å². The Morgan fingerprint density at radius 3 is 2.33 bits per heavy atom. The lowest BCUT2D eigenvalue weighted by molar-refractivity contribution is -0.142. The first-order chi connectivity index (χ1) is 22.9. The Morgan fingerprint density at radius 1 is 0.959 bits per heavy atom. The molecular formula is C34H32F4N2O8S. The van der Waals surface area contributed by atoms with Gasteiger partial charge < -0.3 is 25.2 Å². The van der Waals surface area contributed by atoms with Crippen LogP contribution in [0.3, 0.4) is 0 Å². The number of benzene rings is 3. The largest absolute Gasteiger partial charge is 0.501 e. The van der Waals surface area contributed by atoms with Crippen LogP contribution in [-0.2, 0) is 31.4 Å². The molecule has 0 spiro atoms. The molecule has 0 radical (unpaired) electrons. The van der Waals surface area contributed by atoms with Crippen LogP contribution < -0.4 is 20.1 Å². The molecule has 3 aromatic carbocycles. The molecule has 15 heteroatoms. The Bertz CT molecular complexity index is 1940. The normalized spacial score (nSPS) is 20.1. The zero-order valence-corrected chi connectivity index (χ0v) is 27.2. The minimum absolute atomic E-state index is 0.101. The van der Waals surface area contributed by atoms with Crippen LogP contribution in [0.15, 0.2) is 77.7 Å². The van der Waals surface area contributed by atoms with Gasteiger partial charge in [0, 0.05) is 17.8 Å². The van der Waals surface area contributed by atoms with E-state index in [0.717, 1.165) is 24.3 Å². The van der Waals surface area contributed by atoms with Crippen molar-refractivity contribution in [1.82, 2.24) is 5.32 Å². The number of nitrogens with one attached hydrogen (secondary N) is 2. The molecule has 1 fully saturated rings. The molecule has 10 nitrogen and oxygen atoms in total. The molecule has 4 atom stereocenters. The summed E-state index contributed by atoms with van der Waals surface area (Å²) in [4.78, 5) is 37.8. The number of amides is 2. The average Bonchev–Trinajstić information content (AvgIpc) is 3.66. The number of ether oxygens (including phenoxy) is 2. The topological polar surface area (TPSA) is 148 Å². The maximum absolute atomic E-state index is 15.1. The van der Waals surface area contributed by atoms with Crippen molar-refractivity contribution in [3.8, 4) is 11.5 Å². The van der Waals surface area contributed by atoms with E-state index in [2.05, 4.69) is 10.6 Å². The second-order valence-corrected chi connectivity index (χ2v) is 14.3. The van der Waals surface area contributed by atoms with Crippen LogP contribution in [0, 0.1) is 23.6 Å². The number of methoxy groups -OCH3 is 1. The standard InChI is InChI=1S/C34H32F4N2O8S/c1-33(2,32(43)44)21-7-4-6-18(12-21)17-48-27-15-24(26(47-3)16-25(27)35)30(41)40-29-20-11-10-19(13-20)28(29)31(42)39-22-8-5-9-23(14-22)49(45,46)34(36,37)38/h4-12,14-16,19-20,28-29H,13,17H2,1-3H3,(H,39,42)(H,40,41)(H,43,44). The molecule has 2 amide bonds. The molecule has 0 aliphatic heterocycles. The van der Waals surface area contributed by atoms with E-state index in [1.165, 1.54) is 13.2 Å². The number of alkyl halides is 3. The van der Waals surface area contributed by atoms with Crippen molar-refractivity contribution < 1.29 is 54.9 Å². The van der Waals surface area contributed by atoms with Gasteiger partial charge in [-0.2, -0.15) is 13.2 Å². The van der Waals surface area contributed by atoms with Gasteiger partial charge in [-0.1, -0.05) is 42.5 Å². The van der Waals surface area contributed by atoms with Crippen molar-refractivity contribution in [1.29, 1.82) is 0 Å². The predicted molar refractivity (Wildman–Crippen MR) is 168 cm³/mol. The van der Waals surface area contributed by atoms with E-state index in [1.54, 1.807) is 44.2 Å². The van der Waals surface area contributed by atoms with Crippen molar-refractivity contribution in [2.24, 2.45) is 17.8 Å². The Kier molecular flexibility index (Phi) is 9.52. The molecule has 3 aromatic rings. The molecule has 0 heterocycles. The maximum Gasteiger partial charge on any atom is 0.501 e. The summed E-state index contributed by atoms with van der Waals surface area (Å²) in [5, 5.41) is 14.9. The third-order valence-electron chi connectivity index (χ3n) is 8.85. The summed E-state index contributed by atoms with van der Waals surface area (Å²) in [7, 11) is -4.41. The number of halogens is 4. The van der Waals surface area contributed by atoms with E-state index < -0.39 is 61.2 Å². The van der Waals surface area contributed by atoms with Crippen LogP contribution in [0.2, 0.25) is 0 Å². The molecule has 2 aliphatic carbocycles. The van der Waals surface area contributed by atoms with Crippen LogP contribution in [0.1, 0.15) is 41.8 Å². The summed E-state index contributed by atoms with van der Waals surface area (Å²) in [6, 6.07) is 11.8. The van der Waals surface area contributed by atoms with Crippen LogP contribution in [-0.4, -0.2) is 50.0 Å². The summed E-state index contributed by atoms with van der Waals surface area (Å²) in [5.74, 6) is -5.09. The quantitative estimate of drug-likeness (QED) is 0.172. The number of carbonyl (C=O) groups excluding carboxylic acids is 2. The number of anilines is 1. The highest BCUT2D eigenvalue weighted by atomic mass is 32.2. The van der Waals surface area contributed by atoms with E-state index in [-0.39, 0.29) is 41.2 Å². The van der Waals surface area contributed by atoms with Crippen LogP contribution in [0.5, 0.6) is 11.5 Å². The number of sulfone groups is 1. The predicted octanol–water partition coefficient (Wildman–Crippen LogP) is 5.63. The number of hydrogen-bond acceptors (Lipinski definition) is 7. The molecular weight excluding hydrogens is 672 g/mol. The lowest BCUT2D eigenvalue weighted by atomic mass is 9.84. The highest BCUT2D eigenvalue weighted by Gasteiger charge is 2.50. The number of aliphatic carboxylic acids is 1. The molecule has 3 N–H and O–H groups in total. The van der Waals surface area contributed by atoms with Crippen molar-refractivity contribution in [3.05, 3.63) is 95.3 Å². The number of hydrogen-bond donors (Lipinski definition) is 3. The number of carbonyl (C=O) groups is 3. The molecule has 0 saturated heterocycles. The monoisotopic (exact) mass is 704 g/mol. The van der Waals surface area contributed by atoms with Gasteiger partial charge in [-0.05, 0) is 67.5 Å². The minimum Gasteiger partial charge on any atom is -0.496 e. The first-order valence-electron chi connectivity index (χ1n) is 15.0. The summed E-state index contributed by atoms with van der Waals surface area (Å²) >= 11 is 0. The third-order valence-corrected chi connectivity index (χ3v) is 10.3. The van der Waals surface area contributed by atoms with Gasteiger partial charge in [0.25, 0.3) is 15.7 Å². The van der Waals surface area contributed by atoms with E-state index in [4.69, 9.17) is 9.47 Å². The highest BCUT2D eigenvalue weighted by Crippen LogP contribution is 2.45. The van der Waals surface area contributed by atoms with E-state index in [1.807, 2.05) is 6.08 Å². The van der Waals surface area contributed by atoms with Gasteiger partial charge >= 0.3 is 11.5 Å². The zero-order valence-electron chi connectivity index (χ0n) is 26.4. The fourth-order valence-corrected chi connectivity index (χ4v) is 6.84. The molecule has 1 saturated carbocycles. The van der Waals surface area contributed by atoms with Gasteiger partial charge in [0.2, 0.25) is 5.91 Å². The Labute approximate surface area is 279 Å². The SMILES string of the molecule is COc1cc(F)c(OCc2cccc(C(C)(C)C(=O)O)c2)cc1C(=O)NC1C2C=CC(C2)C1C(=O)Nc1cccc(S(=O)(=O)C(F)(F)F)c1. The molecule has 5 rings (SSSR count). The van der Waals surface area contributed by atoms with Crippen molar-refractivity contribution >= 4 is 33.3 Å². The van der Waals surface area contributed by atoms with E-state index >= 15 is 4.39 Å². The first kappa shape index (κ1) is 35.4. The number of carboxylic acid groups (broad SMARTS) is 1. The first-order valence-corrected chi connectivity index (χ1v) is 16.5. The summed E-state index contributed by atoms with van der Waals surface area (Å²) in [6.07, 6.45) is 4.14. The van der Waals surface area contributed by atoms with Crippen LogP contribution >= 0.6 is 0 Å². The van der Waals surface area contributed by atoms with Crippen LogP contribution in [0.25, 0.3) is 0 Å². The molecule has 2 aliphatic rings. The zero-order chi connectivity index (χ0) is 35.9. The van der Waals surface area contributed by atoms with Crippen molar-refractivity contribution in [2.75, 3.05) is 12.4 Å². The van der Waals surface area contributed by atoms with Crippen molar-refractivity contribution in [3.63, 3.8) is 0 Å². The Hall–Kier alpha value is -4.92. The van der Waals surface area contributed by atoms with Gasteiger partial charge in [-0.15, -0.1) is 0 Å². The lowest BCUT2D eigenvalue weighted by Crippen LogP contribution is -2.47. The van der Waals surface area contributed by atoms with Gasteiger partial charge in [0.05, 0.1) is 28.9 Å². The second kappa shape index (κ2) is 13.2. The third kappa shape index (κ3) is 6.98. The van der Waals surface area contributed by atoms with Crippen molar-refractivity contribution in [2.45, 2.75) is 48.7 Å². The van der Waals surface area contributed by atoms with E-state index in [0.29, 0.717) is 23.6 Å². The smallest absolute Gasteiger partial charge is 0.496 e. The number of rotatable bonds is 11. The summed E-state index contributed by atoms with van der Waals surface area (Å²) < 4.78 is 89.0. The average molecular weight is 705 g/mol. The van der Waals surface area contributed by atoms with E-state index in [9.17, 15) is 41.1 Å².